The molecule has 0 bridgehead atoms. The summed E-state index contributed by atoms with van der Waals surface area (Å²) >= 11 is 1.46. The Hall–Kier alpha value is -0.860. The maximum Gasteiger partial charge on any atom is 0.0215 e. The lowest BCUT2D eigenvalue weighted by atomic mass is 10.5. The average Bonchev–Trinajstić information content (AvgIpc) is 1.89. The van der Waals surface area contributed by atoms with Gasteiger partial charge in [-0.15, -0.1) is 11.8 Å². The summed E-state index contributed by atoms with van der Waals surface area (Å²) in [4.78, 5) is 3.64. The summed E-state index contributed by atoms with van der Waals surface area (Å²) in [5.41, 5.74) is 8.74. The fraction of sp³-hybridized carbons (Fsp3) is 0.333. The highest BCUT2D eigenvalue weighted by atomic mass is 32.2. The summed E-state index contributed by atoms with van der Waals surface area (Å²) in [5.74, 6) is 0. The summed E-state index contributed by atoms with van der Waals surface area (Å²) in [6, 6.07) is 0. The van der Waals surface area contributed by atoms with Crippen LogP contribution in [0, 0.1) is 0 Å². The summed E-state index contributed by atoms with van der Waals surface area (Å²) < 4.78 is 0. The maximum atomic E-state index is 8.04. The monoisotopic (exact) mass is 155 g/mol. The fourth-order valence-corrected chi connectivity index (χ4v) is 0.809. The summed E-state index contributed by atoms with van der Waals surface area (Å²) in [6.07, 6.45) is 0. The zero-order valence-electron chi connectivity index (χ0n) is 6.03. The van der Waals surface area contributed by atoms with Gasteiger partial charge in [0.15, 0.2) is 0 Å². The van der Waals surface area contributed by atoms with E-state index in [0.29, 0.717) is 5.70 Å². The zero-order valence-corrected chi connectivity index (χ0v) is 6.85. The predicted molar refractivity (Wildman–Crippen MR) is 45.3 cm³/mol. The first-order valence-electron chi connectivity index (χ1n) is 2.72. The molecule has 0 unspecified atom stereocenters. The molecule has 0 saturated heterocycles. The molecular formula is C6H9N3S. The molecule has 0 aromatic carbocycles. The van der Waals surface area contributed by atoms with E-state index in [9.17, 15) is 0 Å². The van der Waals surface area contributed by atoms with E-state index in [1.165, 1.54) is 11.8 Å². The molecule has 0 radical (unpaired) electrons. The first kappa shape index (κ1) is 9.14. The molecule has 0 aliphatic carbocycles. The standard InChI is InChI=1S/C6H9N3S/c1-4-10-6(3)5(2)8-9-7/h4H,1H2,2-3H3/b6-5-. The minimum Gasteiger partial charge on any atom is -0.103 e. The quantitative estimate of drug-likeness (QED) is 0.350. The first-order valence-corrected chi connectivity index (χ1v) is 3.60. The van der Waals surface area contributed by atoms with E-state index in [1.807, 2.05) is 6.92 Å². The minimum atomic E-state index is 0.701. The van der Waals surface area contributed by atoms with Crippen LogP contribution in [0.1, 0.15) is 13.8 Å². The van der Waals surface area contributed by atoms with Gasteiger partial charge in [-0.1, -0.05) is 11.7 Å². The van der Waals surface area contributed by atoms with Crippen molar-refractivity contribution in [1.82, 2.24) is 0 Å². The number of hydrogen-bond donors (Lipinski definition) is 0. The van der Waals surface area contributed by atoms with Crippen molar-refractivity contribution >= 4 is 11.8 Å². The van der Waals surface area contributed by atoms with Gasteiger partial charge in [-0.3, -0.25) is 0 Å². The van der Waals surface area contributed by atoms with Crippen LogP contribution in [0.15, 0.2) is 27.7 Å². The van der Waals surface area contributed by atoms with Gasteiger partial charge in [0, 0.05) is 10.6 Å². The largest absolute Gasteiger partial charge is 0.103 e. The molecular weight excluding hydrogens is 146 g/mol. The second kappa shape index (κ2) is 4.97. The Kier molecular flexibility index (Phi) is 4.54. The predicted octanol–water partition coefficient (Wildman–Crippen LogP) is 3.42. The van der Waals surface area contributed by atoms with Crippen molar-refractivity contribution in [3.05, 3.63) is 33.0 Å². The van der Waals surface area contributed by atoms with Crippen molar-refractivity contribution in [1.29, 1.82) is 0 Å². The molecule has 10 heavy (non-hydrogen) atoms. The van der Waals surface area contributed by atoms with Crippen LogP contribution in [0.4, 0.5) is 0 Å². The molecule has 0 aromatic rings. The molecule has 0 heterocycles. The third-order valence-corrected chi connectivity index (χ3v) is 1.78. The van der Waals surface area contributed by atoms with Crippen LogP contribution in [0.2, 0.25) is 0 Å². The van der Waals surface area contributed by atoms with Crippen molar-refractivity contribution in [2.45, 2.75) is 13.8 Å². The highest BCUT2D eigenvalue weighted by molar-refractivity contribution is 8.05. The Bertz CT molecular complexity index is 201. The lowest BCUT2D eigenvalue weighted by Crippen LogP contribution is -1.70. The van der Waals surface area contributed by atoms with Crippen molar-refractivity contribution in [2.24, 2.45) is 5.11 Å². The average molecular weight is 155 g/mol. The van der Waals surface area contributed by atoms with E-state index in [1.54, 1.807) is 12.3 Å². The topological polar surface area (TPSA) is 48.8 Å². The lowest BCUT2D eigenvalue weighted by Gasteiger charge is -1.95. The van der Waals surface area contributed by atoms with E-state index in [0.717, 1.165) is 4.91 Å². The van der Waals surface area contributed by atoms with Gasteiger partial charge in [-0.25, -0.2) is 0 Å². The highest BCUT2D eigenvalue weighted by Gasteiger charge is 1.90. The number of thioether (sulfide) groups is 1. The normalized spacial score (nSPS) is 11.4. The first-order chi connectivity index (χ1) is 4.72. The van der Waals surface area contributed by atoms with E-state index < -0.39 is 0 Å². The molecule has 0 N–H and O–H groups in total. The number of allylic oxidation sites excluding steroid dienone is 2. The molecule has 0 aliphatic heterocycles. The van der Waals surface area contributed by atoms with E-state index in [2.05, 4.69) is 16.6 Å². The van der Waals surface area contributed by atoms with Crippen LogP contribution >= 0.6 is 11.8 Å². The maximum absolute atomic E-state index is 8.04. The van der Waals surface area contributed by atoms with Crippen molar-refractivity contribution in [3.63, 3.8) is 0 Å². The van der Waals surface area contributed by atoms with Gasteiger partial charge in [0.1, 0.15) is 0 Å². The van der Waals surface area contributed by atoms with Gasteiger partial charge in [0.05, 0.1) is 0 Å². The zero-order chi connectivity index (χ0) is 7.98. The van der Waals surface area contributed by atoms with Crippen molar-refractivity contribution in [2.75, 3.05) is 0 Å². The van der Waals surface area contributed by atoms with Gasteiger partial charge >= 0.3 is 0 Å². The Morgan fingerprint density at radius 1 is 1.70 bits per heavy atom. The molecule has 0 aliphatic rings. The van der Waals surface area contributed by atoms with Gasteiger partial charge in [-0.2, -0.15) is 0 Å². The van der Waals surface area contributed by atoms with E-state index in [4.69, 9.17) is 5.53 Å². The number of nitrogens with zero attached hydrogens (tertiary/aromatic N) is 3. The number of rotatable bonds is 3. The van der Waals surface area contributed by atoms with Crippen molar-refractivity contribution < 1.29 is 0 Å². The molecule has 54 valence electrons. The van der Waals surface area contributed by atoms with Crippen LogP contribution in [-0.2, 0) is 0 Å². The minimum absolute atomic E-state index is 0.701. The summed E-state index contributed by atoms with van der Waals surface area (Å²) in [6.45, 7) is 7.19. The molecule has 0 rings (SSSR count). The summed E-state index contributed by atoms with van der Waals surface area (Å²) in [7, 11) is 0. The Labute approximate surface area is 64.4 Å². The second-order valence-corrected chi connectivity index (χ2v) is 2.80. The molecule has 0 amide bonds. The SMILES string of the molecule is C=CS/C(C)=C(/C)N=[N+]=[N-]. The number of hydrogen-bond acceptors (Lipinski definition) is 2. The van der Waals surface area contributed by atoms with E-state index in [-0.39, 0.29) is 0 Å². The van der Waals surface area contributed by atoms with Crippen LogP contribution in [0.5, 0.6) is 0 Å². The van der Waals surface area contributed by atoms with Crippen LogP contribution in [0.3, 0.4) is 0 Å². The van der Waals surface area contributed by atoms with Crippen LogP contribution in [0.25, 0.3) is 10.4 Å². The Morgan fingerprint density at radius 3 is 2.70 bits per heavy atom. The number of azide groups is 1. The molecule has 4 heteroatoms. The smallest absolute Gasteiger partial charge is 0.0215 e. The Morgan fingerprint density at radius 2 is 2.30 bits per heavy atom. The molecule has 3 nitrogen and oxygen atoms in total. The highest BCUT2D eigenvalue weighted by Crippen LogP contribution is 2.19. The van der Waals surface area contributed by atoms with Crippen LogP contribution < -0.4 is 0 Å². The van der Waals surface area contributed by atoms with E-state index >= 15 is 0 Å². The van der Waals surface area contributed by atoms with Gasteiger partial charge in [0.2, 0.25) is 0 Å². The third-order valence-electron chi connectivity index (χ3n) is 0.964. The van der Waals surface area contributed by atoms with Crippen LogP contribution in [-0.4, -0.2) is 0 Å². The molecule has 0 fully saturated rings. The molecule has 0 atom stereocenters. The Balaban J connectivity index is 4.32. The fourth-order valence-electron chi connectivity index (χ4n) is 0.348. The van der Waals surface area contributed by atoms with Gasteiger partial charge in [-0.05, 0) is 29.7 Å². The van der Waals surface area contributed by atoms with Gasteiger partial charge in [0.25, 0.3) is 0 Å². The second-order valence-electron chi connectivity index (χ2n) is 1.62. The molecule has 0 saturated carbocycles. The lowest BCUT2D eigenvalue weighted by molar-refractivity contribution is 1.25. The van der Waals surface area contributed by atoms with Crippen molar-refractivity contribution in [3.8, 4) is 0 Å². The molecule has 0 spiro atoms. The third kappa shape index (κ3) is 3.22. The summed E-state index contributed by atoms with van der Waals surface area (Å²) in [5, 5.41) is 5.13. The van der Waals surface area contributed by atoms with Gasteiger partial charge < -0.3 is 0 Å². The molecule has 0 aromatic heterocycles.